The first-order valence-corrected chi connectivity index (χ1v) is 22.1. The highest BCUT2D eigenvalue weighted by atomic mass is 28.4. The van der Waals surface area contributed by atoms with Crippen molar-refractivity contribution in [3.8, 4) is 17.2 Å². The Bertz CT molecular complexity index is 1920. The topological polar surface area (TPSA) is 113 Å². The Labute approximate surface area is 332 Å². The van der Waals surface area contributed by atoms with Crippen LogP contribution in [0, 0.1) is 0 Å². The van der Waals surface area contributed by atoms with Crippen LogP contribution in [0.5, 0.6) is 17.2 Å². The van der Waals surface area contributed by atoms with Crippen molar-refractivity contribution < 1.29 is 37.8 Å². The summed E-state index contributed by atoms with van der Waals surface area (Å²) in [5.74, 6) is 0.620. The number of hydrogen-bond donors (Lipinski definition) is 1. The standard InChI is InChI=1S/C45H56N2O8Si/c1-44(2,3)54-43(50)47-27-15-20-38(37(29-47)46-41(48)34-21-24-36(25-22-34)55-56(7,8)45(4,5)6)53-42(49)35-23-26-39(51-30-32-16-11-9-12-17-32)40(28-35)52-31-33-18-13-10-14-19-33/h9-14,16-19,21-26,28,37-38H,15,20,27,29-31H2,1-8H3,(H,46,48)/t37-,38-/m1/s1. The number of benzene rings is 4. The second-order valence-corrected chi connectivity index (χ2v) is 21.4. The van der Waals surface area contributed by atoms with E-state index in [0.717, 1.165) is 11.1 Å². The largest absolute Gasteiger partial charge is 0.544 e. The van der Waals surface area contributed by atoms with E-state index in [2.05, 4.69) is 39.2 Å². The van der Waals surface area contributed by atoms with Gasteiger partial charge in [-0.1, -0.05) is 81.4 Å². The molecule has 56 heavy (non-hydrogen) atoms. The van der Waals surface area contributed by atoms with Gasteiger partial charge in [0.1, 0.15) is 30.7 Å². The molecule has 1 saturated heterocycles. The van der Waals surface area contributed by atoms with Gasteiger partial charge in [-0.05, 0) is 105 Å². The van der Waals surface area contributed by atoms with Crippen molar-refractivity contribution in [1.29, 1.82) is 0 Å². The molecule has 4 aromatic carbocycles. The minimum Gasteiger partial charge on any atom is -0.544 e. The lowest BCUT2D eigenvalue weighted by Gasteiger charge is -2.36. The van der Waals surface area contributed by atoms with Gasteiger partial charge in [0, 0.05) is 18.7 Å². The first-order chi connectivity index (χ1) is 26.5. The maximum absolute atomic E-state index is 13.9. The van der Waals surface area contributed by atoms with Crippen LogP contribution in [0.25, 0.3) is 0 Å². The lowest BCUT2D eigenvalue weighted by Crippen LogP contribution is -2.51. The number of carbonyl (C=O) groups is 3. The van der Waals surface area contributed by atoms with Crippen LogP contribution in [-0.2, 0) is 22.7 Å². The van der Waals surface area contributed by atoms with E-state index in [1.165, 1.54) is 0 Å². The molecule has 1 heterocycles. The third-order valence-electron chi connectivity index (χ3n) is 9.96. The van der Waals surface area contributed by atoms with Crippen LogP contribution in [0.2, 0.25) is 18.1 Å². The lowest BCUT2D eigenvalue weighted by atomic mass is 10.1. The highest BCUT2D eigenvalue weighted by Gasteiger charge is 2.39. The minimum absolute atomic E-state index is 0.0178. The fraction of sp³-hybridized carbons (Fsp3) is 0.400. The van der Waals surface area contributed by atoms with E-state index in [9.17, 15) is 14.4 Å². The predicted molar refractivity (Wildman–Crippen MR) is 220 cm³/mol. The van der Waals surface area contributed by atoms with Gasteiger partial charge in [0.2, 0.25) is 8.32 Å². The van der Waals surface area contributed by atoms with E-state index in [0.29, 0.717) is 48.8 Å². The molecule has 2 atom stereocenters. The van der Waals surface area contributed by atoms with E-state index < -0.39 is 38.1 Å². The Kier molecular flexibility index (Phi) is 13.5. The van der Waals surface area contributed by atoms with Gasteiger partial charge in [0.05, 0.1) is 11.6 Å². The molecule has 5 rings (SSSR count). The van der Waals surface area contributed by atoms with E-state index in [1.807, 2.05) is 60.7 Å². The number of amides is 2. The molecule has 1 N–H and O–H groups in total. The Hall–Kier alpha value is -5.29. The molecule has 0 aromatic heterocycles. The number of rotatable bonds is 12. The quantitative estimate of drug-likeness (QED) is 0.112. The van der Waals surface area contributed by atoms with Crippen molar-refractivity contribution in [1.82, 2.24) is 10.2 Å². The highest BCUT2D eigenvalue weighted by molar-refractivity contribution is 6.74. The normalized spacial score (nSPS) is 16.2. The van der Waals surface area contributed by atoms with Crippen LogP contribution in [0.4, 0.5) is 4.79 Å². The zero-order valence-corrected chi connectivity index (χ0v) is 34.9. The van der Waals surface area contributed by atoms with E-state index in [-0.39, 0.29) is 29.7 Å². The van der Waals surface area contributed by atoms with Crippen molar-refractivity contribution in [3.63, 3.8) is 0 Å². The first kappa shape index (κ1) is 41.9. The Morgan fingerprint density at radius 1 is 0.750 bits per heavy atom. The van der Waals surface area contributed by atoms with Crippen LogP contribution in [0.3, 0.4) is 0 Å². The summed E-state index contributed by atoms with van der Waals surface area (Å²) in [4.78, 5) is 42.5. The molecule has 1 aliphatic heterocycles. The van der Waals surface area contributed by atoms with Crippen molar-refractivity contribution in [3.05, 3.63) is 125 Å². The smallest absolute Gasteiger partial charge is 0.410 e. The lowest BCUT2D eigenvalue weighted by molar-refractivity contribution is 0.0127. The fourth-order valence-corrected chi connectivity index (χ4v) is 6.85. The number of carbonyl (C=O) groups excluding carboxylic acids is 3. The zero-order chi connectivity index (χ0) is 40.5. The van der Waals surface area contributed by atoms with Crippen molar-refractivity contribution in [2.24, 2.45) is 0 Å². The van der Waals surface area contributed by atoms with Crippen molar-refractivity contribution in [2.45, 2.75) is 103 Å². The number of nitrogens with one attached hydrogen (secondary N) is 1. The van der Waals surface area contributed by atoms with Gasteiger partial charge < -0.3 is 33.6 Å². The molecule has 0 unspecified atom stereocenters. The predicted octanol–water partition coefficient (Wildman–Crippen LogP) is 9.58. The second kappa shape index (κ2) is 18.1. The minimum atomic E-state index is -2.08. The first-order valence-electron chi connectivity index (χ1n) is 19.2. The molecule has 2 amide bonds. The molecule has 4 aromatic rings. The van der Waals surface area contributed by atoms with Gasteiger partial charge in [-0.25, -0.2) is 9.59 Å². The molecular formula is C45H56N2O8Si. The molecule has 0 saturated carbocycles. The molecule has 10 nitrogen and oxygen atoms in total. The summed E-state index contributed by atoms with van der Waals surface area (Å²) in [5, 5.41) is 3.09. The van der Waals surface area contributed by atoms with E-state index in [4.69, 9.17) is 23.4 Å². The average molecular weight is 781 g/mol. The summed E-state index contributed by atoms with van der Waals surface area (Å²) in [5.41, 5.74) is 1.91. The van der Waals surface area contributed by atoms with E-state index in [1.54, 1.807) is 68.1 Å². The highest BCUT2D eigenvalue weighted by Crippen LogP contribution is 2.37. The number of likely N-dealkylation sites (tertiary alicyclic amines) is 1. The van der Waals surface area contributed by atoms with Gasteiger partial charge in [-0.3, -0.25) is 4.79 Å². The number of hydrogen-bond acceptors (Lipinski definition) is 8. The van der Waals surface area contributed by atoms with Gasteiger partial charge in [0.15, 0.2) is 11.5 Å². The molecule has 0 spiro atoms. The zero-order valence-electron chi connectivity index (χ0n) is 33.9. The number of ether oxygens (including phenoxy) is 4. The van der Waals surface area contributed by atoms with Gasteiger partial charge >= 0.3 is 12.1 Å². The maximum Gasteiger partial charge on any atom is 0.410 e. The second-order valence-electron chi connectivity index (χ2n) is 16.7. The molecule has 0 bridgehead atoms. The van der Waals surface area contributed by atoms with Crippen LogP contribution in [0.15, 0.2) is 103 Å². The average Bonchev–Trinajstić information content (AvgIpc) is 3.35. The molecule has 298 valence electrons. The molecule has 0 radical (unpaired) electrons. The number of esters is 1. The summed E-state index contributed by atoms with van der Waals surface area (Å²) in [6.45, 7) is 17.3. The van der Waals surface area contributed by atoms with Gasteiger partial charge in [-0.15, -0.1) is 0 Å². The van der Waals surface area contributed by atoms with Crippen LogP contribution >= 0.6 is 0 Å². The molecule has 11 heteroatoms. The fourth-order valence-electron chi connectivity index (χ4n) is 5.82. The Balaban J connectivity index is 1.36. The summed E-state index contributed by atoms with van der Waals surface area (Å²) < 4.78 is 30.7. The summed E-state index contributed by atoms with van der Waals surface area (Å²) in [7, 11) is -2.08. The van der Waals surface area contributed by atoms with Crippen molar-refractivity contribution >= 4 is 26.3 Å². The molecule has 0 aliphatic carbocycles. The summed E-state index contributed by atoms with van der Waals surface area (Å²) in [6.07, 6.45) is -0.309. The monoisotopic (exact) mass is 780 g/mol. The Morgan fingerprint density at radius 2 is 1.32 bits per heavy atom. The third-order valence-corrected chi connectivity index (χ3v) is 14.3. The van der Waals surface area contributed by atoms with Gasteiger partial charge in [-0.2, -0.15) is 0 Å². The summed E-state index contributed by atoms with van der Waals surface area (Å²) >= 11 is 0. The van der Waals surface area contributed by atoms with Crippen LogP contribution in [0.1, 0.15) is 86.2 Å². The summed E-state index contributed by atoms with van der Waals surface area (Å²) in [6, 6.07) is 30.8. The van der Waals surface area contributed by atoms with Crippen molar-refractivity contribution in [2.75, 3.05) is 13.1 Å². The molecule has 1 aliphatic rings. The maximum atomic E-state index is 13.9. The molecular weight excluding hydrogens is 725 g/mol. The van der Waals surface area contributed by atoms with Crippen LogP contribution in [-0.4, -0.2) is 62.0 Å². The third kappa shape index (κ3) is 11.9. The molecule has 1 fully saturated rings. The van der Waals surface area contributed by atoms with Crippen LogP contribution < -0.4 is 19.2 Å². The van der Waals surface area contributed by atoms with E-state index >= 15 is 0 Å². The Morgan fingerprint density at radius 3 is 1.89 bits per heavy atom. The number of nitrogens with zero attached hydrogens (tertiary/aromatic N) is 1. The SMILES string of the molecule is CC(C)(C)OC(=O)N1CCC[C@@H](OC(=O)c2ccc(OCc3ccccc3)c(OCc3ccccc3)c2)[C@H](NC(=O)c2ccc(O[Si](C)(C)C(C)(C)C)cc2)C1. The van der Waals surface area contributed by atoms with Gasteiger partial charge in [0.25, 0.3) is 5.91 Å².